The number of hydrogen-bond acceptors (Lipinski definition) is 5. The Balaban J connectivity index is 1.66. The van der Waals surface area contributed by atoms with Gasteiger partial charge in [-0.25, -0.2) is 9.37 Å². The largest absolute Gasteiger partial charge is 0.494 e. The number of fused-ring (bicyclic) bond motifs is 1. The van der Waals surface area contributed by atoms with Gasteiger partial charge in [0, 0.05) is 17.1 Å². The first-order valence-corrected chi connectivity index (χ1v) is 9.35. The van der Waals surface area contributed by atoms with Crippen molar-refractivity contribution in [1.82, 2.24) is 30.2 Å². The lowest BCUT2D eigenvalue weighted by Gasteiger charge is -2.12. The van der Waals surface area contributed by atoms with Gasteiger partial charge in [-0.3, -0.25) is 0 Å². The summed E-state index contributed by atoms with van der Waals surface area (Å²) in [5.41, 5.74) is 4.17. The molecule has 0 fully saturated rings. The number of H-pyrrole nitrogens is 1. The fourth-order valence-electron chi connectivity index (χ4n) is 3.56. The minimum absolute atomic E-state index is 0.219. The summed E-state index contributed by atoms with van der Waals surface area (Å²) in [5, 5.41) is 14.9. The van der Waals surface area contributed by atoms with Gasteiger partial charge in [0.2, 0.25) is 5.82 Å². The number of rotatable bonds is 5. The Hall–Kier alpha value is -4.07. The number of benzene rings is 2. The molecule has 0 atom stereocenters. The molecule has 1 N–H and O–H groups in total. The lowest BCUT2D eigenvalue weighted by atomic mass is 10.1. The van der Waals surface area contributed by atoms with Gasteiger partial charge in [-0.05, 0) is 35.0 Å². The molecule has 7 nitrogen and oxygen atoms in total. The highest BCUT2D eigenvalue weighted by Crippen LogP contribution is 2.33. The van der Waals surface area contributed by atoms with E-state index in [-0.39, 0.29) is 5.75 Å². The summed E-state index contributed by atoms with van der Waals surface area (Å²) >= 11 is 0. The SMILES string of the molecule is COc1cc2cc(-c3ccccc3)n(Cc3cccc(-c4nn[nH]n4)n3)c2cc1F. The fourth-order valence-corrected chi connectivity index (χ4v) is 3.56. The van der Waals surface area contributed by atoms with Crippen LogP contribution >= 0.6 is 0 Å². The van der Waals surface area contributed by atoms with Gasteiger partial charge in [0.25, 0.3) is 0 Å². The first-order valence-electron chi connectivity index (χ1n) is 9.35. The van der Waals surface area contributed by atoms with Gasteiger partial charge in [0.05, 0.1) is 24.9 Å². The van der Waals surface area contributed by atoms with Crippen molar-refractivity contribution >= 4 is 10.9 Å². The zero-order valence-electron chi connectivity index (χ0n) is 16.1. The molecule has 2 aromatic carbocycles. The zero-order valence-corrected chi connectivity index (χ0v) is 16.1. The number of nitrogens with zero attached hydrogens (tertiary/aromatic N) is 5. The second-order valence-corrected chi connectivity index (χ2v) is 6.78. The van der Waals surface area contributed by atoms with Crippen molar-refractivity contribution in [2.24, 2.45) is 0 Å². The molecule has 3 aromatic heterocycles. The van der Waals surface area contributed by atoms with Gasteiger partial charge >= 0.3 is 0 Å². The van der Waals surface area contributed by atoms with E-state index in [0.717, 1.165) is 27.9 Å². The molecule has 0 bridgehead atoms. The predicted octanol–water partition coefficient (Wildman–Crippen LogP) is 4.08. The molecule has 0 aliphatic heterocycles. The summed E-state index contributed by atoms with van der Waals surface area (Å²) in [6, 6.07) is 20.9. The minimum Gasteiger partial charge on any atom is -0.494 e. The number of pyridine rings is 1. The van der Waals surface area contributed by atoms with E-state index in [0.29, 0.717) is 18.1 Å². The van der Waals surface area contributed by atoms with Crippen molar-refractivity contribution < 1.29 is 9.13 Å². The third kappa shape index (κ3) is 3.18. The molecule has 0 aliphatic rings. The number of nitrogens with one attached hydrogen (secondary N) is 1. The van der Waals surface area contributed by atoms with E-state index in [1.807, 2.05) is 54.6 Å². The van der Waals surface area contributed by atoms with Crippen LogP contribution in [-0.2, 0) is 6.54 Å². The number of aromatic nitrogens is 6. The van der Waals surface area contributed by atoms with Crippen LogP contribution in [0, 0.1) is 5.82 Å². The average molecular weight is 400 g/mol. The molecule has 5 rings (SSSR count). The van der Waals surface area contributed by atoms with Crippen LogP contribution in [0.25, 0.3) is 33.7 Å². The van der Waals surface area contributed by atoms with E-state index in [2.05, 4.69) is 30.2 Å². The van der Waals surface area contributed by atoms with Crippen molar-refractivity contribution in [2.45, 2.75) is 6.54 Å². The summed E-state index contributed by atoms with van der Waals surface area (Å²) in [4.78, 5) is 4.66. The molecule has 148 valence electrons. The Bertz CT molecular complexity index is 1310. The summed E-state index contributed by atoms with van der Waals surface area (Å²) < 4.78 is 21.7. The van der Waals surface area contributed by atoms with E-state index in [4.69, 9.17) is 4.74 Å². The molecule has 5 aromatic rings. The summed E-state index contributed by atoms with van der Waals surface area (Å²) in [7, 11) is 1.46. The zero-order chi connectivity index (χ0) is 20.5. The Morgan fingerprint density at radius 3 is 2.67 bits per heavy atom. The van der Waals surface area contributed by atoms with E-state index in [1.165, 1.54) is 13.2 Å². The molecule has 0 radical (unpaired) electrons. The van der Waals surface area contributed by atoms with Crippen molar-refractivity contribution in [3.05, 3.63) is 78.2 Å². The number of tetrazole rings is 1. The van der Waals surface area contributed by atoms with Gasteiger partial charge in [-0.15, -0.1) is 10.2 Å². The number of halogens is 1. The molecule has 0 aliphatic carbocycles. The highest BCUT2D eigenvalue weighted by molar-refractivity contribution is 5.88. The van der Waals surface area contributed by atoms with Crippen LogP contribution in [0.5, 0.6) is 5.75 Å². The predicted molar refractivity (Wildman–Crippen MR) is 110 cm³/mol. The quantitative estimate of drug-likeness (QED) is 0.481. The van der Waals surface area contributed by atoms with Crippen molar-refractivity contribution in [2.75, 3.05) is 7.11 Å². The number of hydrogen-bond donors (Lipinski definition) is 1. The Labute approximate surface area is 171 Å². The van der Waals surface area contributed by atoms with Crippen molar-refractivity contribution in [3.63, 3.8) is 0 Å². The van der Waals surface area contributed by atoms with Gasteiger partial charge in [0.15, 0.2) is 11.6 Å². The van der Waals surface area contributed by atoms with E-state index in [1.54, 1.807) is 6.07 Å². The number of methoxy groups -OCH3 is 1. The van der Waals surface area contributed by atoms with E-state index in [9.17, 15) is 4.39 Å². The molecule has 0 spiro atoms. The Morgan fingerprint density at radius 1 is 1.03 bits per heavy atom. The molecule has 0 saturated carbocycles. The van der Waals surface area contributed by atoms with E-state index >= 15 is 0 Å². The van der Waals surface area contributed by atoms with Crippen LogP contribution in [-0.4, -0.2) is 37.3 Å². The Kier molecular flexibility index (Phi) is 4.44. The molecule has 8 heteroatoms. The van der Waals surface area contributed by atoms with Crippen LogP contribution in [0.3, 0.4) is 0 Å². The first kappa shape index (κ1) is 18.0. The molecule has 0 amide bonds. The van der Waals surface area contributed by atoms with Gasteiger partial charge in [-0.1, -0.05) is 36.4 Å². The first-order chi connectivity index (χ1) is 14.7. The van der Waals surface area contributed by atoms with Crippen LogP contribution in [0.1, 0.15) is 5.69 Å². The van der Waals surface area contributed by atoms with Crippen molar-refractivity contribution in [3.8, 4) is 28.5 Å². The summed E-state index contributed by atoms with van der Waals surface area (Å²) in [5.74, 6) is 0.238. The second-order valence-electron chi connectivity index (χ2n) is 6.78. The average Bonchev–Trinajstić information content (AvgIpc) is 3.43. The third-order valence-corrected chi connectivity index (χ3v) is 4.95. The lowest BCUT2D eigenvalue weighted by Crippen LogP contribution is -2.04. The maximum absolute atomic E-state index is 14.5. The molecular formula is C22H17FN6O. The third-order valence-electron chi connectivity index (χ3n) is 4.95. The van der Waals surface area contributed by atoms with Crippen LogP contribution < -0.4 is 4.74 Å². The summed E-state index contributed by atoms with van der Waals surface area (Å²) in [6.07, 6.45) is 0. The van der Waals surface area contributed by atoms with Crippen LogP contribution in [0.4, 0.5) is 4.39 Å². The van der Waals surface area contributed by atoms with Crippen LogP contribution in [0.15, 0.2) is 66.7 Å². The Morgan fingerprint density at radius 2 is 1.90 bits per heavy atom. The highest BCUT2D eigenvalue weighted by atomic mass is 19.1. The highest BCUT2D eigenvalue weighted by Gasteiger charge is 2.16. The second kappa shape index (κ2) is 7.40. The monoisotopic (exact) mass is 400 g/mol. The van der Waals surface area contributed by atoms with E-state index < -0.39 is 5.82 Å². The van der Waals surface area contributed by atoms with Gasteiger partial charge in [-0.2, -0.15) is 5.21 Å². The number of ether oxygens (including phenoxy) is 1. The topological polar surface area (TPSA) is 81.5 Å². The smallest absolute Gasteiger partial charge is 0.222 e. The summed E-state index contributed by atoms with van der Waals surface area (Å²) in [6.45, 7) is 0.450. The minimum atomic E-state index is -0.405. The maximum atomic E-state index is 14.5. The van der Waals surface area contributed by atoms with Gasteiger partial charge < -0.3 is 9.30 Å². The van der Waals surface area contributed by atoms with Gasteiger partial charge in [0.1, 0.15) is 5.69 Å². The molecule has 30 heavy (non-hydrogen) atoms. The standard InChI is InChI=1S/C22H17FN6O/c1-30-21-11-15-10-19(14-6-3-2-4-7-14)29(20(15)12-17(21)23)13-16-8-5-9-18(24-16)22-25-27-28-26-22/h2-12H,13H2,1H3,(H,25,26,27,28). The fraction of sp³-hybridized carbons (Fsp3) is 0.0909. The van der Waals surface area contributed by atoms with Crippen LogP contribution in [0.2, 0.25) is 0 Å². The number of aromatic amines is 1. The maximum Gasteiger partial charge on any atom is 0.222 e. The molecule has 0 unspecified atom stereocenters. The molecule has 3 heterocycles. The molecular weight excluding hydrogens is 383 g/mol. The van der Waals surface area contributed by atoms with Crippen molar-refractivity contribution in [1.29, 1.82) is 0 Å². The lowest BCUT2D eigenvalue weighted by molar-refractivity contribution is 0.387. The molecule has 0 saturated heterocycles. The normalized spacial score (nSPS) is 11.1.